The minimum atomic E-state index is -0.854. The second kappa shape index (κ2) is 5.09. The van der Waals surface area contributed by atoms with Gasteiger partial charge in [-0.3, -0.25) is 14.6 Å². The summed E-state index contributed by atoms with van der Waals surface area (Å²) < 4.78 is 0. The van der Waals surface area contributed by atoms with Crippen molar-refractivity contribution in [3.05, 3.63) is 41.6 Å². The first-order valence-corrected chi connectivity index (χ1v) is 7.30. The number of para-hydroxylation sites is 1. The molecule has 1 saturated heterocycles. The van der Waals surface area contributed by atoms with Crippen molar-refractivity contribution < 1.29 is 14.7 Å². The van der Waals surface area contributed by atoms with E-state index >= 15 is 0 Å². The summed E-state index contributed by atoms with van der Waals surface area (Å²) in [6.45, 7) is 4.27. The molecule has 1 aromatic carbocycles. The number of carbonyl (C=O) groups is 2. The highest BCUT2D eigenvalue weighted by atomic mass is 16.4. The molecule has 5 nitrogen and oxygen atoms in total. The van der Waals surface area contributed by atoms with Gasteiger partial charge in [-0.15, -0.1) is 0 Å². The van der Waals surface area contributed by atoms with Crippen LogP contribution in [0.15, 0.2) is 30.3 Å². The number of benzene rings is 1. The van der Waals surface area contributed by atoms with E-state index in [0.717, 1.165) is 16.6 Å². The maximum absolute atomic E-state index is 12.8. The minimum Gasteiger partial charge on any atom is -0.481 e. The molecule has 0 bridgehead atoms. The van der Waals surface area contributed by atoms with E-state index in [9.17, 15) is 14.7 Å². The van der Waals surface area contributed by atoms with Crippen molar-refractivity contribution in [2.24, 2.45) is 5.41 Å². The maximum Gasteiger partial charge on any atom is 0.311 e. The number of aromatic nitrogens is 1. The Hall–Kier alpha value is -2.43. The molecule has 0 spiro atoms. The number of hydrogen-bond donors (Lipinski definition) is 1. The van der Waals surface area contributed by atoms with Crippen LogP contribution in [0.4, 0.5) is 0 Å². The van der Waals surface area contributed by atoms with Gasteiger partial charge in [0.2, 0.25) is 0 Å². The Morgan fingerprint density at radius 2 is 2.05 bits per heavy atom. The van der Waals surface area contributed by atoms with E-state index < -0.39 is 11.4 Å². The van der Waals surface area contributed by atoms with Crippen molar-refractivity contribution in [2.75, 3.05) is 13.1 Å². The summed E-state index contributed by atoms with van der Waals surface area (Å²) in [4.78, 5) is 30.2. The first kappa shape index (κ1) is 14.5. The predicted octanol–water partition coefficient (Wildman–Crippen LogP) is 2.48. The van der Waals surface area contributed by atoms with E-state index in [-0.39, 0.29) is 12.5 Å². The number of amides is 1. The number of nitrogens with zero attached hydrogens (tertiary/aromatic N) is 2. The van der Waals surface area contributed by atoms with E-state index in [2.05, 4.69) is 4.98 Å². The van der Waals surface area contributed by atoms with Crippen LogP contribution in [-0.2, 0) is 4.79 Å². The van der Waals surface area contributed by atoms with Crippen LogP contribution in [0.5, 0.6) is 0 Å². The Bertz CT molecular complexity index is 772. The molecule has 5 heteroatoms. The van der Waals surface area contributed by atoms with Gasteiger partial charge < -0.3 is 10.0 Å². The first-order valence-electron chi connectivity index (χ1n) is 7.30. The standard InChI is InChI=1S/C17H18N2O3/c1-11-9-13(12-5-3-4-6-14(12)18-11)15(20)19-8-7-17(2,10-19)16(21)22/h3-6,9H,7-8,10H2,1-2H3,(H,21,22). The summed E-state index contributed by atoms with van der Waals surface area (Å²) in [5.74, 6) is -0.967. The van der Waals surface area contributed by atoms with Crippen molar-refractivity contribution in [2.45, 2.75) is 20.3 Å². The number of rotatable bonds is 2. The molecule has 0 radical (unpaired) electrons. The van der Waals surface area contributed by atoms with E-state index in [4.69, 9.17) is 0 Å². The summed E-state index contributed by atoms with van der Waals surface area (Å²) >= 11 is 0. The molecule has 0 saturated carbocycles. The third-order valence-corrected chi connectivity index (χ3v) is 4.35. The number of hydrogen-bond acceptors (Lipinski definition) is 3. The van der Waals surface area contributed by atoms with Gasteiger partial charge in [-0.05, 0) is 32.4 Å². The van der Waals surface area contributed by atoms with Crippen LogP contribution in [0.2, 0.25) is 0 Å². The molecule has 1 fully saturated rings. The number of likely N-dealkylation sites (tertiary alicyclic amines) is 1. The third kappa shape index (κ3) is 2.32. The maximum atomic E-state index is 12.8. The van der Waals surface area contributed by atoms with Crippen LogP contribution in [0.25, 0.3) is 10.9 Å². The highest BCUT2D eigenvalue weighted by molar-refractivity contribution is 6.06. The smallest absolute Gasteiger partial charge is 0.311 e. The molecule has 1 aromatic heterocycles. The van der Waals surface area contributed by atoms with Crippen LogP contribution in [0, 0.1) is 12.3 Å². The number of carboxylic acids is 1. The Labute approximate surface area is 128 Å². The van der Waals surface area contributed by atoms with Gasteiger partial charge in [-0.25, -0.2) is 0 Å². The number of aliphatic carboxylic acids is 1. The van der Waals surface area contributed by atoms with Gasteiger partial charge >= 0.3 is 5.97 Å². The lowest BCUT2D eigenvalue weighted by Crippen LogP contribution is -2.35. The quantitative estimate of drug-likeness (QED) is 0.924. The average Bonchev–Trinajstić information content (AvgIpc) is 2.89. The lowest BCUT2D eigenvalue weighted by molar-refractivity contribution is -0.147. The zero-order chi connectivity index (χ0) is 15.9. The van der Waals surface area contributed by atoms with Gasteiger partial charge in [-0.1, -0.05) is 18.2 Å². The molecule has 2 aromatic rings. The summed E-state index contributed by atoms with van der Waals surface area (Å²) in [7, 11) is 0. The van der Waals surface area contributed by atoms with Gasteiger partial charge in [-0.2, -0.15) is 0 Å². The number of carbonyl (C=O) groups excluding carboxylic acids is 1. The van der Waals surface area contributed by atoms with Crippen molar-refractivity contribution in [1.82, 2.24) is 9.88 Å². The van der Waals surface area contributed by atoms with Crippen molar-refractivity contribution >= 4 is 22.8 Å². The summed E-state index contributed by atoms with van der Waals surface area (Å²) in [5.41, 5.74) is 1.30. The Morgan fingerprint density at radius 3 is 2.73 bits per heavy atom. The average molecular weight is 298 g/mol. The van der Waals surface area contributed by atoms with Crippen molar-refractivity contribution in [3.8, 4) is 0 Å². The topological polar surface area (TPSA) is 70.5 Å². The number of fused-ring (bicyclic) bond motifs is 1. The normalized spacial score (nSPS) is 21.3. The van der Waals surface area contributed by atoms with Gasteiger partial charge in [0.15, 0.2) is 0 Å². The third-order valence-electron chi connectivity index (χ3n) is 4.35. The van der Waals surface area contributed by atoms with E-state index in [1.54, 1.807) is 17.9 Å². The fraction of sp³-hybridized carbons (Fsp3) is 0.353. The Balaban J connectivity index is 1.99. The van der Waals surface area contributed by atoms with Gasteiger partial charge in [0.05, 0.1) is 16.5 Å². The van der Waals surface area contributed by atoms with E-state index in [0.29, 0.717) is 18.5 Å². The fourth-order valence-corrected chi connectivity index (χ4v) is 2.96. The van der Waals surface area contributed by atoms with Crippen LogP contribution in [0.1, 0.15) is 29.4 Å². The van der Waals surface area contributed by atoms with Gasteiger partial charge in [0, 0.05) is 24.2 Å². The molecular formula is C17H18N2O3. The lowest BCUT2D eigenvalue weighted by Gasteiger charge is -2.21. The van der Waals surface area contributed by atoms with Crippen LogP contribution in [0.3, 0.4) is 0 Å². The minimum absolute atomic E-state index is 0.119. The molecule has 22 heavy (non-hydrogen) atoms. The second-order valence-corrected chi connectivity index (χ2v) is 6.17. The van der Waals surface area contributed by atoms with Crippen molar-refractivity contribution in [3.63, 3.8) is 0 Å². The molecule has 1 aliphatic rings. The number of aryl methyl sites for hydroxylation is 1. The highest BCUT2D eigenvalue weighted by Crippen LogP contribution is 2.32. The monoisotopic (exact) mass is 298 g/mol. The fourth-order valence-electron chi connectivity index (χ4n) is 2.96. The Morgan fingerprint density at radius 1 is 1.32 bits per heavy atom. The summed E-state index contributed by atoms with van der Waals surface area (Å²) in [6, 6.07) is 9.30. The molecule has 1 N–H and O–H groups in total. The van der Waals surface area contributed by atoms with Crippen LogP contribution < -0.4 is 0 Å². The molecule has 1 atom stereocenters. The van der Waals surface area contributed by atoms with E-state index in [1.165, 1.54) is 0 Å². The molecule has 2 heterocycles. The molecular weight excluding hydrogens is 280 g/mol. The molecule has 1 unspecified atom stereocenters. The largest absolute Gasteiger partial charge is 0.481 e. The SMILES string of the molecule is Cc1cc(C(=O)N2CCC(C)(C(=O)O)C2)c2ccccc2n1. The highest BCUT2D eigenvalue weighted by Gasteiger charge is 2.42. The van der Waals surface area contributed by atoms with E-state index in [1.807, 2.05) is 31.2 Å². The molecule has 0 aliphatic carbocycles. The molecule has 3 rings (SSSR count). The zero-order valence-corrected chi connectivity index (χ0v) is 12.7. The van der Waals surface area contributed by atoms with Crippen LogP contribution in [-0.4, -0.2) is 40.0 Å². The second-order valence-electron chi connectivity index (χ2n) is 6.17. The van der Waals surface area contributed by atoms with Gasteiger partial charge in [0.25, 0.3) is 5.91 Å². The number of pyridine rings is 1. The first-order chi connectivity index (χ1) is 10.4. The summed E-state index contributed by atoms with van der Waals surface area (Å²) in [6.07, 6.45) is 0.482. The predicted molar refractivity (Wildman–Crippen MR) is 82.7 cm³/mol. The Kier molecular flexibility index (Phi) is 3.35. The van der Waals surface area contributed by atoms with Gasteiger partial charge in [0.1, 0.15) is 0 Å². The number of carboxylic acid groups (broad SMARTS) is 1. The molecule has 114 valence electrons. The molecule has 1 amide bonds. The summed E-state index contributed by atoms with van der Waals surface area (Å²) in [5, 5.41) is 10.1. The zero-order valence-electron chi connectivity index (χ0n) is 12.7. The van der Waals surface area contributed by atoms with Crippen molar-refractivity contribution in [1.29, 1.82) is 0 Å². The van der Waals surface area contributed by atoms with Crippen LogP contribution >= 0.6 is 0 Å². The lowest BCUT2D eigenvalue weighted by atomic mass is 9.90. The molecule has 1 aliphatic heterocycles.